The van der Waals surface area contributed by atoms with Gasteiger partial charge in [-0.3, -0.25) is 0 Å². The molecular weight excluding hydrogens is 238 g/mol. The van der Waals surface area contributed by atoms with Crippen LogP contribution >= 0.6 is 11.8 Å². The van der Waals surface area contributed by atoms with Gasteiger partial charge in [-0.2, -0.15) is 0 Å². The molecule has 0 aliphatic rings. The molecule has 0 aliphatic heterocycles. The van der Waals surface area contributed by atoms with Crippen molar-refractivity contribution in [3.63, 3.8) is 0 Å². The summed E-state index contributed by atoms with van der Waals surface area (Å²) >= 11 is 1.81. The molecule has 1 aromatic rings. The summed E-state index contributed by atoms with van der Waals surface area (Å²) in [5.41, 5.74) is 1.29. The van der Waals surface area contributed by atoms with Gasteiger partial charge in [-0.05, 0) is 24.8 Å². The van der Waals surface area contributed by atoms with Crippen molar-refractivity contribution in [1.29, 1.82) is 0 Å². The molecule has 0 saturated heterocycles. The lowest BCUT2D eigenvalue weighted by atomic mass is 10.1. The Kier molecular flexibility index (Phi) is 8.83. The van der Waals surface area contributed by atoms with E-state index in [2.05, 4.69) is 42.8 Å². The number of thioether (sulfide) groups is 1. The highest BCUT2D eigenvalue weighted by Gasteiger charge is 1.98. The van der Waals surface area contributed by atoms with Gasteiger partial charge in [0.15, 0.2) is 0 Å². The molecule has 1 rings (SSSR count). The minimum absolute atomic E-state index is 1.10. The molecule has 0 heterocycles. The summed E-state index contributed by atoms with van der Waals surface area (Å²) in [6.07, 6.45) is 11.7. The van der Waals surface area contributed by atoms with Crippen molar-refractivity contribution in [1.82, 2.24) is 0 Å². The van der Waals surface area contributed by atoms with Crippen LogP contribution in [0.1, 0.15) is 51.9 Å². The zero-order chi connectivity index (χ0) is 13.1. The molecule has 18 heavy (non-hydrogen) atoms. The number of hydrogen-bond acceptors (Lipinski definition) is 2. The highest BCUT2D eigenvalue weighted by molar-refractivity contribution is 7.98. The lowest BCUT2D eigenvalue weighted by molar-refractivity contribution is 0.596. The molecule has 0 saturated carbocycles. The van der Waals surface area contributed by atoms with Gasteiger partial charge in [-0.25, -0.2) is 0 Å². The molecule has 0 aromatic heterocycles. The average Bonchev–Trinajstić information content (AvgIpc) is 2.42. The number of unbranched alkanes of at least 4 members (excludes halogenated alkanes) is 6. The Bertz CT molecular complexity index is 312. The fourth-order valence-corrected chi connectivity index (χ4v) is 2.67. The highest BCUT2D eigenvalue weighted by Crippen LogP contribution is 2.24. The number of rotatable bonds is 10. The zero-order valence-corrected chi connectivity index (χ0v) is 12.7. The van der Waals surface area contributed by atoms with Gasteiger partial charge in [0.25, 0.3) is 0 Å². The molecule has 1 aromatic carbocycles. The van der Waals surface area contributed by atoms with E-state index in [0.29, 0.717) is 0 Å². The molecule has 2 heteroatoms. The lowest BCUT2D eigenvalue weighted by Gasteiger charge is -2.10. The van der Waals surface area contributed by atoms with E-state index in [1.165, 1.54) is 55.5 Å². The van der Waals surface area contributed by atoms with E-state index in [9.17, 15) is 0 Å². The van der Waals surface area contributed by atoms with Crippen LogP contribution in [0.2, 0.25) is 0 Å². The molecule has 0 atom stereocenters. The third kappa shape index (κ3) is 6.34. The Morgan fingerprint density at radius 3 is 2.33 bits per heavy atom. The van der Waals surface area contributed by atoms with Gasteiger partial charge in [-0.1, -0.05) is 57.6 Å². The molecule has 0 fully saturated rings. The van der Waals surface area contributed by atoms with Crippen LogP contribution in [0.25, 0.3) is 0 Å². The first-order valence-corrected chi connectivity index (χ1v) is 8.48. The third-order valence-electron chi connectivity index (χ3n) is 3.20. The number of para-hydroxylation sites is 1. The first kappa shape index (κ1) is 15.4. The van der Waals surface area contributed by atoms with Gasteiger partial charge < -0.3 is 5.32 Å². The van der Waals surface area contributed by atoms with Crippen LogP contribution in [0.3, 0.4) is 0 Å². The van der Waals surface area contributed by atoms with Crippen LogP contribution in [0, 0.1) is 0 Å². The summed E-state index contributed by atoms with van der Waals surface area (Å²) in [6.45, 7) is 3.37. The van der Waals surface area contributed by atoms with E-state index in [4.69, 9.17) is 0 Å². The van der Waals surface area contributed by atoms with Crippen molar-refractivity contribution >= 4 is 17.4 Å². The van der Waals surface area contributed by atoms with Crippen molar-refractivity contribution in [2.75, 3.05) is 18.1 Å². The van der Waals surface area contributed by atoms with Crippen molar-refractivity contribution in [2.45, 2.75) is 56.8 Å². The third-order valence-corrected chi connectivity index (χ3v) is 4.00. The van der Waals surface area contributed by atoms with Crippen LogP contribution in [0.15, 0.2) is 29.2 Å². The highest BCUT2D eigenvalue weighted by atomic mass is 32.2. The van der Waals surface area contributed by atoms with E-state index < -0.39 is 0 Å². The Morgan fingerprint density at radius 1 is 0.944 bits per heavy atom. The first-order chi connectivity index (χ1) is 8.88. The standard InChI is InChI=1S/C16H27NS/c1-3-4-5-6-7-8-11-14-17-15-12-9-10-13-16(15)18-2/h9-10,12-13,17H,3-8,11,14H2,1-2H3. The molecule has 0 aliphatic carbocycles. The summed E-state index contributed by atoms with van der Waals surface area (Å²) in [5.74, 6) is 0. The quantitative estimate of drug-likeness (QED) is 0.438. The molecule has 0 bridgehead atoms. The van der Waals surface area contributed by atoms with Gasteiger partial charge in [0.05, 0.1) is 0 Å². The Hall–Kier alpha value is -0.630. The van der Waals surface area contributed by atoms with Crippen LogP contribution in [-0.4, -0.2) is 12.8 Å². The van der Waals surface area contributed by atoms with Crippen molar-refractivity contribution in [3.8, 4) is 0 Å². The molecule has 1 N–H and O–H groups in total. The second-order valence-electron chi connectivity index (χ2n) is 4.75. The zero-order valence-electron chi connectivity index (χ0n) is 11.9. The van der Waals surface area contributed by atoms with Gasteiger partial charge in [-0.15, -0.1) is 11.8 Å². The van der Waals surface area contributed by atoms with Crippen LogP contribution < -0.4 is 5.32 Å². The van der Waals surface area contributed by atoms with Gasteiger partial charge >= 0.3 is 0 Å². The monoisotopic (exact) mass is 265 g/mol. The SMILES string of the molecule is CCCCCCCCCNc1ccccc1SC. The van der Waals surface area contributed by atoms with E-state index >= 15 is 0 Å². The predicted octanol–water partition coefficient (Wildman–Crippen LogP) is 5.57. The minimum atomic E-state index is 1.10. The summed E-state index contributed by atoms with van der Waals surface area (Å²) in [7, 11) is 0. The number of anilines is 1. The molecule has 1 nitrogen and oxygen atoms in total. The number of hydrogen-bond donors (Lipinski definition) is 1. The van der Waals surface area contributed by atoms with E-state index in [1.807, 2.05) is 11.8 Å². The lowest BCUT2D eigenvalue weighted by Crippen LogP contribution is -2.02. The maximum absolute atomic E-state index is 3.55. The van der Waals surface area contributed by atoms with Crippen molar-refractivity contribution in [2.24, 2.45) is 0 Å². The van der Waals surface area contributed by atoms with Crippen LogP contribution in [-0.2, 0) is 0 Å². The molecule has 0 unspecified atom stereocenters. The van der Waals surface area contributed by atoms with Crippen LogP contribution in [0.4, 0.5) is 5.69 Å². The number of nitrogens with one attached hydrogen (secondary N) is 1. The average molecular weight is 265 g/mol. The maximum atomic E-state index is 3.55. The number of benzene rings is 1. The molecule has 102 valence electrons. The molecule has 0 spiro atoms. The molecule has 0 amide bonds. The second-order valence-corrected chi connectivity index (χ2v) is 5.60. The molecule has 0 radical (unpaired) electrons. The summed E-state index contributed by atoms with van der Waals surface area (Å²) < 4.78 is 0. The first-order valence-electron chi connectivity index (χ1n) is 7.25. The Morgan fingerprint density at radius 2 is 1.61 bits per heavy atom. The van der Waals surface area contributed by atoms with Crippen LogP contribution in [0.5, 0.6) is 0 Å². The smallest absolute Gasteiger partial charge is 0.0478 e. The second kappa shape index (κ2) is 10.3. The summed E-state index contributed by atoms with van der Waals surface area (Å²) in [6, 6.07) is 8.56. The molecular formula is C16H27NS. The topological polar surface area (TPSA) is 12.0 Å². The van der Waals surface area contributed by atoms with Gasteiger partial charge in [0.2, 0.25) is 0 Å². The summed E-state index contributed by atoms with van der Waals surface area (Å²) in [4.78, 5) is 1.35. The fraction of sp³-hybridized carbons (Fsp3) is 0.625. The van der Waals surface area contributed by atoms with Gasteiger partial charge in [0, 0.05) is 17.1 Å². The minimum Gasteiger partial charge on any atom is -0.384 e. The van der Waals surface area contributed by atoms with E-state index in [1.54, 1.807) is 0 Å². The maximum Gasteiger partial charge on any atom is 0.0478 e. The summed E-state index contributed by atoms with van der Waals surface area (Å²) in [5, 5.41) is 3.55. The van der Waals surface area contributed by atoms with E-state index in [-0.39, 0.29) is 0 Å². The normalized spacial score (nSPS) is 10.6. The van der Waals surface area contributed by atoms with Gasteiger partial charge in [0.1, 0.15) is 0 Å². The Balaban J connectivity index is 2.07. The fourth-order valence-electron chi connectivity index (χ4n) is 2.10. The predicted molar refractivity (Wildman–Crippen MR) is 84.7 cm³/mol. The largest absolute Gasteiger partial charge is 0.384 e. The van der Waals surface area contributed by atoms with Crippen molar-refractivity contribution in [3.05, 3.63) is 24.3 Å². The van der Waals surface area contributed by atoms with Crippen molar-refractivity contribution < 1.29 is 0 Å². The Labute approximate surface area is 117 Å². The van der Waals surface area contributed by atoms with E-state index in [0.717, 1.165) is 6.54 Å².